The van der Waals surface area contributed by atoms with E-state index in [0.29, 0.717) is 24.3 Å². The molecule has 1 fully saturated rings. The number of rotatable bonds is 5. The van der Waals surface area contributed by atoms with Gasteiger partial charge >= 0.3 is 5.97 Å². The first-order valence-electron chi connectivity index (χ1n) is 7.22. The van der Waals surface area contributed by atoms with Crippen LogP contribution < -0.4 is 5.32 Å². The van der Waals surface area contributed by atoms with Crippen molar-refractivity contribution in [2.24, 2.45) is 0 Å². The fraction of sp³-hybridized carbons (Fsp3) is 0.500. The summed E-state index contributed by atoms with van der Waals surface area (Å²) in [4.78, 5) is 23.4. The minimum Gasteiger partial charge on any atom is -0.480 e. The molecule has 1 aliphatic rings. The van der Waals surface area contributed by atoms with Gasteiger partial charge < -0.3 is 10.4 Å². The summed E-state index contributed by atoms with van der Waals surface area (Å²) in [5, 5.41) is 12.7. The smallest absolute Gasteiger partial charge is 0.329 e. The van der Waals surface area contributed by atoms with Gasteiger partial charge in [0.2, 0.25) is 5.91 Å². The van der Waals surface area contributed by atoms with E-state index >= 15 is 0 Å². The summed E-state index contributed by atoms with van der Waals surface area (Å²) in [5.74, 6) is -1.14. The highest BCUT2D eigenvalue weighted by molar-refractivity contribution is 6.31. The molecule has 0 bridgehead atoms. The maximum atomic E-state index is 12.0. The number of carboxylic acids is 1. The molecule has 0 heterocycles. The van der Waals surface area contributed by atoms with Crippen LogP contribution in [0.15, 0.2) is 18.2 Å². The fourth-order valence-electron chi connectivity index (χ4n) is 2.75. The van der Waals surface area contributed by atoms with Gasteiger partial charge in [-0.3, -0.25) is 4.79 Å². The van der Waals surface area contributed by atoms with Gasteiger partial charge in [0.1, 0.15) is 5.54 Å². The SMILES string of the molecule is Cc1ccc(CCC(=O)NC2(C(=O)O)CCCC2)cc1Cl. The summed E-state index contributed by atoms with van der Waals surface area (Å²) in [7, 11) is 0. The molecule has 1 saturated carbocycles. The highest BCUT2D eigenvalue weighted by Crippen LogP contribution is 2.30. The van der Waals surface area contributed by atoms with Gasteiger partial charge in [-0.25, -0.2) is 4.79 Å². The van der Waals surface area contributed by atoms with Gasteiger partial charge in [0, 0.05) is 11.4 Å². The van der Waals surface area contributed by atoms with Gasteiger partial charge in [-0.2, -0.15) is 0 Å². The molecule has 0 atom stereocenters. The van der Waals surface area contributed by atoms with Crippen LogP contribution in [0, 0.1) is 6.92 Å². The molecule has 2 N–H and O–H groups in total. The Morgan fingerprint density at radius 1 is 1.33 bits per heavy atom. The molecular weight excluding hydrogens is 290 g/mol. The molecule has 2 rings (SSSR count). The molecule has 1 amide bonds. The number of hydrogen-bond donors (Lipinski definition) is 2. The van der Waals surface area contributed by atoms with Crippen LogP contribution in [0.2, 0.25) is 5.02 Å². The van der Waals surface area contributed by atoms with Gasteiger partial charge in [0.05, 0.1) is 0 Å². The lowest BCUT2D eigenvalue weighted by Gasteiger charge is -2.25. The number of carbonyl (C=O) groups excluding carboxylic acids is 1. The number of halogens is 1. The maximum absolute atomic E-state index is 12.0. The Kier molecular flexibility index (Phi) is 4.88. The molecule has 0 unspecified atom stereocenters. The molecule has 1 aliphatic carbocycles. The third-order valence-corrected chi connectivity index (χ3v) is 4.53. The van der Waals surface area contributed by atoms with Gasteiger partial charge in [-0.05, 0) is 43.4 Å². The monoisotopic (exact) mass is 309 g/mol. The van der Waals surface area contributed by atoms with Gasteiger partial charge in [-0.1, -0.05) is 36.6 Å². The van der Waals surface area contributed by atoms with Crippen LogP contribution >= 0.6 is 11.6 Å². The third kappa shape index (κ3) is 3.76. The van der Waals surface area contributed by atoms with Crippen LogP contribution in [-0.4, -0.2) is 22.5 Å². The first kappa shape index (κ1) is 15.8. The van der Waals surface area contributed by atoms with Crippen LogP contribution in [-0.2, 0) is 16.0 Å². The van der Waals surface area contributed by atoms with Crippen LogP contribution in [0.5, 0.6) is 0 Å². The summed E-state index contributed by atoms with van der Waals surface area (Å²) in [6.07, 6.45) is 3.56. The van der Waals surface area contributed by atoms with Crippen LogP contribution in [0.4, 0.5) is 0 Å². The Morgan fingerprint density at radius 2 is 2.00 bits per heavy atom. The molecule has 0 aromatic heterocycles. The van der Waals surface area contributed by atoms with E-state index in [9.17, 15) is 14.7 Å². The second-order valence-corrected chi connectivity index (χ2v) is 6.13. The fourth-order valence-corrected chi connectivity index (χ4v) is 2.95. The maximum Gasteiger partial charge on any atom is 0.329 e. The van der Waals surface area contributed by atoms with Gasteiger partial charge in [0.15, 0.2) is 0 Å². The van der Waals surface area contributed by atoms with Crippen LogP contribution in [0.3, 0.4) is 0 Å². The van der Waals surface area contributed by atoms with Gasteiger partial charge in [-0.15, -0.1) is 0 Å². The minimum atomic E-state index is -1.05. The normalized spacial score (nSPS) is 16.7. The van der Waals surface area contributed by atoms with Crippen molar-refractivity contribution < 1.29 is 14.7 Å². The van der Waals surface area contributed by atoms with Crippen LogP contribution in [0.25, 0.3) is 0 Å². The Hall–Kier alpha value is -1.55. The Bertz CT molecular complexity index is 550. The quantitative estimate of drug-likeness (QED) is 0.878. The largest absolute Gasteiger partial charge is 0.480 e. The number of amides is 1. The summed E-state index contributed by atoms with van der Waals surface area (Å²) >= 11 is 6.05. The number of aryl methyl sites for hydroxylation is 2. The number of nitrogens with one attached hydrogen (secondary N) is 1. The van der Waals surface area contributed by atoms with E-state index in [1.807, 2.05) is 25.1 Å². The molecule has 0 saturated heterocycles. The van der Waals surface area contributed by atoms with Crippen molar-refractivity contribution in [3.63, 3.8) is 0 Å². The van der Waals surface area contributed by atoms with Crippen molar-refractivity contribution in [3.8, 4) is 0 Å². The Labute approximate surface area is 129 Å². The zero-order valence-electron chi connectivity index (χ0n) is 12.1. The van der Waals surface area contributed by atoms with Crippen molar-refractivity contribution in [2.45, 2.75) is 51.0 Å². The van der Waals surface area contributed by atoms with Crippen molar-refractivity contribution in [1.29, 1.82) is 0 Å². The molecule has 1 aromatic rings. The molecule has 4 nitrogen and oxygen atoms in total. The molecule has 0 radical (unpaired) electrons. The number of benzene rings is 1. The summed E-state index contributed by atoms with van der Waals surface area (Å²) < 4.78 is 0. The third-order valence-electron chi connectivity index (χ3n) is 4.12. The second kappa shape index (κ2) is 6.48. The summed E-state index contributed by atoms with van der Waals surface area (Å²) in [5.41, 5.74) is 0.930. The average Bonchev–Trinajstić information content (AvgIpc) is 2.90. The van der Waals surface area contributed by atoms with E-state index in [4.69, 9.17) is 11.6 Å². The van der Waals surface area contributed by atoms with Gasteiger partial charge in [0.25, 0.3) is 0 Å². The van der Waals surface area contributed by atoms with Crippen molar-refractivity contribution in [2.75, 3.05) is 0 Å². The predicted molar refractivity (Wildman–Crippen MR) is 81.5 cm³/mol. The zero-order chi connectivity index (χ0) is 15.5. The highest BCUT2D eigenvalue weighted by Gasteiger charge is 2.42. The van der Waals surface area contributed by atoms with E-state index in [-0.39, 0.29) is 12.3 Å². The van der Waals surface area contributed by atoms with Crippen molar-refractivity contribution >= 4 is 23.5 Å². The predicted octanol–water partition coefficient (Wildman–Crippen LogP) is 3.09. The van der Waals surface area contributed by atoms with Crippen molar-refractivity contribution in [1.82, 2.24) is 5.32 Å². The summed E-state index contributed by atoms with van der Waals surface area (Å²) in [6.45, 7) is 1.93. The lowest BCUT2D eigenvalue weighted by atomic mass is 9.97. The molecule has 21 heavy (non-hydrogen) atoms. The van der Waals surface area contributed by atoms with E-state index in [1.165, 1.54) is 0 Å². The highest BCUT2D eigenvalue weighted by atomic mass is 35.5. The molecule has 0 spiro atoms. The number of aliphatic carboxylic acids is 1. The molecule has 5 heteroatoms. The first-order chi connectivity index (χ1) is 9.93. The number of carbonyl (C=O) groups is 2. The lowest BCUT2D eigenvalue weighted by Crippen LogP contribution is -2.52. The second-order valence-electron chi connectivity index (χ2n) is 5.73. The van der Waals surface area contributed by atoms with E-state index < -0.39 is 11.5 Å². The number of hydrogen-bond acceptors (Lipinski definition) is 2. The molecule has 1 aromatic carbocycles. The Balaban J connectivity index is 1.92. The van der Waals surface area contributed by atoms with Crippen molar-refractivity contribution in [3.05, 3.63) is 34.3 Å². The van der Waals surface area contributed by atoms with Crippen LogP contribution in [0.1, 0.15) is 43.2 Å². The van der Waals surface area contributed by atoms with E-state index in [0.717, 1.165) is 24.0 Å². The van der Waals surface area contributed by atoms with E-state index in [1.54, 1.807) is 0 Å². The molecule has 114 valence electrons. The van der Waals surface area contributed by atoms with E-state index in [2.05, 4.69) is 5.32 Å². The lowest BCUT2D eigenvalue weighted by molar-refractivity contribution is -0.147. The first-order valence-corrected chi connectivity index (χ1v) is 7.60. The number of carboxylic acid groups (broad SMARTS) is 1. The zero-order valence-corrected chi connectivity index (χ0v) is 12.9. The Morgan fingerprint density at radius 3 is 2.57 bits per heavy atom. The topological polar surface area (TPSA) is 66.4 Å². The summed E-state index contributed by atoms with van der Waals surface area (Å²) in [6, 6.07) is 5.72. The standard InChI is InChI=1S/C16H20ClNO3/c1-11-4-5-12(10-13(11)17)6-7-14(19)18-16(15(20)21)8-2-3-9-16/h4-5,10H,2-3,6-9H2,1H3,(H,18,19)(H,20,21). The molecule has 0 aliphatic heterocycles. The minimum absolute atomic E-state index is 0.212. The average molecular weight is 310 g/mol. The molecular formula is C16H20ClNO3.